The smallest absolute Gasteiger partial charge is 0.411 e. The van der Waals surface area contributed by atoms with Crippen LogP contribution in [0.2, 0.25) is 0 Å². The van der Waals surface area contributed by atoms with Crippen LogP contribution in [0.15, 0.2) is 84.9 Å². The van der Waals surface area contributed by atoms with Gasteiger partial charge in [0.15, 0.2) is 0 Å². The van der Waals surface area contributed by atoms with Gasteiger partial charge < -0.3 is 14.4 Å². The Balaban J connectivity index is 1.37. The Labute approximate surface area is 178 Å². The molecule has 0 atom stereocenters. The molecular formula is C24H19O6P. The van der Waals surface area contributed by atoms with Crippen LogP contribution >= 0.6 is 7.37 Å². The van der Waals surface area contributed by atoms with Gasteiger partial charge in [-0.3, -0.25) is 4.57 Å². The summed E-state index contributed by atoms with van der Waals surface area (Å²) in [6.45, 7) is -0.460. The summed E-state index contributed by atoms with van der Waals surface area (Å²) in [5, 5.41) is 3.92. The summed E-state index contributed by atoms with van der Waals surface area (Å²) in [5.41, 5.74) is -1.72. The molecule has 4 aromatic carbocycles. The van der Waals surface area contributed by atoms with E-state index in [-0.39, 0.29) is 13.2 Å². The number of carbonyl (C=O) groups is 2. The van der Waals surface area contributed by atoms with E-state index in [2.05, 4.69) is 0 Å². The second-order valence-corrected chi connectivity index (χ2v) is 8.93. The number of hydrogen-bond donors (Lipinski definition) is 1. The molecule has 4 rings (SSSR count). The Kier molecular flexibility index (Phi) is 5.85. The van der Waals surface area contributed by atoms with Crippen molar-refractivity contribution in [3.63, 3.8) is 0 Å². The van der Waals surface area contributed by atoms with Crippen molar-refractivity contribution in [1.29, 1.82) is 0 Å². The predicted octanol–water partition coefficient (Wildman–Crippen LogP) is 6.24. The van der Waals surface area contributed by atoms with E-state index in [1.165, 1.54) is 0 Å². The molecule has 0 aliphatic rings. The maximum Gasteiger partial charge on any atom is 0.411 e. The minimum Gasteiger partial charge on any atom is -0.453 e. The summed E-state index contributed by atoms with van der Waals surface area (Å²) >= 11 is 0. The van der Waals surface area contributed by atoms with E-state index in [4.69, 9.17) is 9.47 Å². The molecule has 0 spiro atoms. The van der Waals surface area contributed by atoms with E-state index in [0.717, 1.165) is 21.5 Å². The molecule has 0 saturated carbocycles. The Morgan fingerprint density at radius 3 is 1.45 bits per heavy atom. The molecule has 0 aliphatic heterocycles. The van der Waals surface area contributed by atoms with Crippen LogP contribution in [0.3, 0.4) is 0 Å². The van der Waals surface area contributed by atoms with Crippen LogP contribution < -0.4 is 0 Å². The first kappa shape index (κ1) is 20.8. The first-order valence-electron chi connectivity index (χ1n) is 9.56. The lowest BCUT2D eigenvalue weighted by Gasteiger charge is -2.11. The molecule has 156 valence electrons. The zero-order valence-electron chi connectivity index (χ0n) is 16.4. The van der Waals surface area contributed by atoms with Crippen molar-refractivity contribution in [1.82, 2.24) is 0 Å². The maximum atomic E-state index is 12.3. The van der Waals surface area contributed by atoms with Crippen LogP contribution in [0.4, 0.5) is 9.59 Å². The first-order valence-corrected chi connectivity index (χ1v) is 11.2. The fraction of sp³-hybridized carbons (Fsp3) is 0.0833. The average molecular weight is 434 g/mol. The molecule has 0 amide bonds. The molecule has 0 aliphatic carbocycles. The van der Waals surface area contributed by atoms with Crippen LogP contribution in [-0.2, 0) is 27.3 Å². The summed E-state index contributed by atoms with van der Waals surface area (Å²) in [4.78, 5) is 34.1. The summed E-state index contributed by atoms with van der Waals surface area (Å²) in [7, 11) is -4.97. The van der Waals surface area contributed by atoms with Crippen molar-refractivity contribution in [3.05, 3.63) is 96.1 Å². The minimum absolute atomic E-state index is 0.230. The quantitative estimate of drug-likeness (QED) is 0.362. The van der Waals surface area contributed by atoms with Gasteiger partial charge in [-0.2, -0.15) is 0 Å². The molecule has 0 bridgehead atoms. The van der Waals surface area contributed by atoms with Gasteiger partial charge in [-0.05, 0) is 44.8 Å². The lowest BCUT2D eigenvalue weighted by molar-refractivity contribution is 0.151. The second kappa shape index (κ2) is 8.72. The third-order valence-corrected chi connectivity index (χ3v) is 6.10. The SMILES string of the molecule is O=C(OCc1ccc2ccccc2c1)P(=O)(O)C(=O)OCc1ccc2ccccc2c1. The standard InChI is InChI=1S/C24H19O6P/c25-23(29-15-17-9-11-19-5-1-3-7-21(19)13-17)31(27,28)24(26)30-16-18-10-12-20-6-2-4-8-22(20)14-18/h1-14H,15-16H2,(H,27,28). The normalized spacial score (nSPS) is 11.4. The molecule has 0 aromatic heterocycles. The molecule has 0 fully saturated rings. The predicted molar refractivity (Wildman–Crippen MR) is 118 cm³/mol. The van der Waals surface area contributed by atoms with E-state index in [1.54, 1.807) is 12.1 Å². The van der Waals surface area contributed by atoms with Gasteiger partial charge in [0.1, 0.15) is 13.2 Å². The first-order chi connectivity index (χ1) is 14.9. The highest BCUT2D eigenvalue weighted by Gasteiger charge is 2.42. The third kappa shape index (κ3) is 4.66. The Hall–Kier alpha value is -3.47. The van der Waals surface area contributed by atoms with Gasteiger partial charge in [-0.15, -0.1) is 0 Å². The van der Waals surface area contributed by atoms with E-state index < -0.39 is 18.8 Å². The number of carbonyl (C=O) groups excluding carboxylic acids is 2. The Morgan fingerprint density at radius 1 is 0.645 bits per heavy atom. The molecule has 0 heterocycles. The zero-order valence-corrected chi connectivity index (χ0v) is 17.3. The summed E-state index contributed by atoms with van der Waals surface area (Å²) in [6.07, 6.45) is 0. The maximum absolute atomic E-state index is 12.3. The highest BCUT2D eigenvalue weighted by atomic mass is 31.2. The van der Waals surface area contributed by atoms with Gasteiger partial charge >= 0.3 is 18.8 Å². The molecule has 6 nitrogen and oxygen atoms in total. The highest BCUT2D eigenvalue weighted by molar-refractivity contribution is 7.88. The Bertz CT molecular complexity index is 1230. The van der Waals surface area contributed by atoms with Gasteiger partial charge in [0.05, 0.1) is 0 Å². The largest absolute Gasteiger partial charge is 0.453 e. The van der Waals surface area contributed by atoms with E-state index in [1.807, 2.05) is 72.8 Å². The fourth-order valence-electron chi connectivity index (χ4n) is 3.20. The van der Waals surface area contributed by atoms with Crippen LogP contribution in [0.25, 0.3) is 21.5 Å². The molecule has 0 radical (unpaired) electrons. The lowest BCUT2D eigenvalue weighted by atomic mass is 10.1. The van der Waals surface area contributed by atoms with Crippen LogP contribution in [-0.4, -0.2) is 16.3 Å². The van der Waals surface area contributed by atoms with Crippen molar-refractivity contribution in [2.24, 2.45) is 0 Å². The van der Waals surface area contributed by atoms with E-state index in [9.17, 15) is 19.0 Å². The summed E-state index contributed by atoms with van der Waals surface area (Å²) < 4.78 is 22.1. The van der Waals surface area contributed by atoms with Gasteiger partial charge in [-0.25, -0.2) is 9.59 Å². The number of ether oxygens (including phenoxy) is 2. The molecule has 4 aromatic rings. The molecular weight excluding hydrogens is 415 g/mol. The molecule has 0 saturated heterocycles. The number of benzene rings is 4. The van der Waals surface area contributed by atoms with Gasteiger partial charge in [0.2, 0.25) is 0 Å². The second-order valence-electron chi connectivity index (χ2n) is 7.05. The average Bonchev–Trinajstić information content (AvgIpc) is 2.80. The van der Waals surface area contributed by atoms with Gasteiger partial charge in [-0.1, -0.05) is 72.8 Å². The number of fused-ring (bicyclic) bond motifs is 2. The number of rotatable bonds is 6. The van der Waals surface area contributed by atoms with Crippen molar-refractivity contribution < 1.29 is 28.5 Å². The van der Waals surface area contributed by atoms with Gasteiger partial charge in [0.25, 0.3) is 0 Å². The molecule has 7 heteroatoms. The molecule has 1 N–H and O–H groups in total. The van der Waals surface area contributed by atoms with E-state index in [0.29, 0.717) is 11.1 Å². The van der Waals surface area contributed by atoms with Crippen molar-refractivity contribution in [2.45, 2.75) is 13.2 Å². The third-order valence-electron chi connectivity index (χ3n) is 4.85. The van der Waals surface area contributed by atoms with Crippen LogP contribution in [0.5, 0.6) is 0 Å². The van der Waals surface area contributed by atoms with Crippen molar-refractivity contribution >= 4 is 40.3 Å². The molecule has 31 heavy (non-hydrogen) atoms. The van der Waals surface area contributed by atoms with Crippen LogP contribution in [0.1, 0.15) is 11.1 Å². The van der Waals surface area contributed by atoms with Crippen LogP contribution in [0, 0.1) is 0 Å². The fourth-order valence-corrected chi connectivity index (χ4v) is 3.82. The van der Waals surface area contributed by atoms with Crippen molar-refractivity contribution in [3.8, 4) is 0 Å². The van der Waals surface area contributed by atoms with Gasteiger partial charge in [0, 0.05) is 0 Å². The topological polar surface area (TPSA) is 89.9 Å². The Morgan fingerprint density at radius 2 is 1.03 bits per heavy atom. The van der Waals surface area contributed by atoms with E-state index >= 15 is 0 Å². The highest BCUT2D eigenvalue weighted by Crippen LogP contribution is 2.45. The zero-order chi connectivity index (χ0) is 21.8. The minimum atomic E-state index is -4.97. The lowest BCUT2D eigenvalue weighted by Crippen LogP contribution is -2.12. The monoisotopic (exact) mass is 434 g/mol. The summed E-state index contributed by atoms with van der Waals surface area (Å²) in [5.74, 6) is 0. The van der Waals surface area contributed by atoms with Crippen molar-refractivity contribution in [2.75, 3.05) is 0 Å². The molecule has 0 unspecified atom stereocenters. The number of hydrogen-bond acceptors (Lipinski definition) is 5. The summed E-state index contributed by atoms with van der Waals surface area (Å²) in [6, 6.07) is 26.1.